The SMILES string of the molecule is Cc1[nH]c2ccccc2c1C1CCN(C(=O)CCCN(C)S(=O)(=O)c2ccc(F)cc2)CC1. The van der Waals surface area contributed by atoms with Crippen LogP contribution in [-0.2, 0) is 14.8 Å². The molecule has 3 aromatic rings. The summed E-state index contributed by atoms with van der Waals surface area (Å²) in [5.41, 5.74) is 3.72. The Balaban J connectivity index is 1.28. The van der Waals surface area contributed by atoms with Gasteiger partial charge in [-0.3, -0.25) is 4.79 Å². The Morgan fingerprint density at radius 2 is 1.79 bits per heavy atom. The first-order valence-electron chi connectivity index (χ1n) is 11.3. The van der Waals surface area contributed by atoms with E-state index in [0.29, 0.717) is 31.8 Å². The number of hydrogen-bond donors (Lipinski definition) is 1. The van der Waals surface area contributed by atoms with Gasteiger partial charge >= 0.3 is 0 Å². The van der Waals surface area contributed by atoms with Crippen LogP contribution in [0, 0.1) is 12.7 Å². The molecule has 0 spiro atoms. The molecule has 1 aliphatic rings. The van der Waals surface area contributed by atoms with Crippen molar-refractivity contribution in [3.63, 3.8) is 0 Å². The lowest BCUT2D eigenvalue weighted by Crippen LogP contribution is -2.38. The van der Waals surface area contributed by atoms with Crippen molar-refractivity contribution >= 4 is 26.8 Å². The second-order valence-corrected chi connectivity index (χ2v) is 10.8. The molecule has 6 nitrogen and oxygen atoms in total. The van der Waals surface area contributed by atoms with E-state index in [1.807, 2.05) is 11.0 Å². The molecular formula is C25H30FN3O3S. The van der Waals surface area contributed by atoms with Crippen molar-refractivity contribution in [2.75, 3.05) is 26.7 Å². The molecule has 0 radical (unpaired) electrons. The number of benzene rings is 2. The van der Waals surface area contributed by atoms with Crippen LogP contribution in [0.3, 0.4) is 0 Å². The molecule has 176 valence electrons. The van der Waals surface area contributed by atoms with Gasteiger partial charge in [-0.15, -0.1) is 0 Å². The van der Waals surface area contributed by atoms with Gasteiger partial charge in [0.15, 0.2) is 0 Å². The van der Waals surface area contributed by atoms with Crippen molar-refractivity contribution in [3.05, 3.63) is 65.6 Å². The van der Waals surface area contributed by atoms with E-state index in [1.165, 1.54) is 40.1 Å². The minimum Gasteiger partial charge on any atom is -0.358 e. The van der Waals surface area contributed by atoms with E-state index in [1.54, 1.807) is 0 Å². The number of amides is 1. The molecular weight excluding hydrogens is 441 g/mol. The largest absolute Gasteiger partial charge is 0.358 e. The first-order valence-corrected chi connectivity index (χ1v) is 12.8. The molecule has 1 fully saturated rings. The molecule has 33 heavy (non-hydrogen) atoms. The van der Waals surface area contributed by atoms with Gasteiger partial charge in [-0.25, -0.2) is 17.1 Å². The minimum atomic E-state index is -3.69. The second-order valence-electron chi connectivity index (χ2n) is 8.75. The number of hydrogen-bond acceptors (Lipinski definition) is 3. The number of carbonyl (C=O) groups is 1. The molecule has 1 aliphatic heterocycles. The number of aryl methyl sites for hydroxylation is 1. The molecule has 0 bridgehead atoms. The Hall–Kier alpha value is -2.71. The van der Waals surface area contributed by atoms with E-state index in [-0.39, 0.29) is 17.3 Å². The average molecular weight is 472 g/mol. The third kappa shape index (κ3) is 4.96. The third-order valence-corrected chi connectivity index (χ3v) is 8.46. The summed E-state index contributed by atoms with van der Waals surface area (Å²) in [5.74, 6) is 0.0136. The number of aromatic nitrogens is 1. The van der Waals surface area contributed by atoms with Crippen LogP contribution in [0.25, 0.3) is 10.9 Å². The maximum absolute atomic E-state index is 13.1. The fourth-order valence-corrected chi connectivity index (χ4v) is 5.97. The number of nitrogens with one attached hydrogen (secondary N) is 1. The Morgan fingerprint density at radius 1 is 1.12 bits per heavy atom. The van der Waals surface area contributed by atoms with Crippen molar-refractivity contribution in [2.24, 2.45) is 0 Å². The molecule has 1 N–H and O–H groups in total. The van der Waals surface area contributed by atoms with Crippen molar-refractivity contribution in [1.29, 1.82) is 0 Å². The van der Waals surface area contributed by atoms with Crippen molar-refractivity contribution < 1.29 is 17.6 Å². The van der Waals surface area contributed by atoms with E-state index in [2.05, 4.69) is 30.1 Å². The number of rotatable bonds is 7. The van der Waals surface area contributed by atoms with Crippen molar-refractivity contribution in [1.82, 2.24) is 14.2 Å². The Bertz CT molecular complexity index is 1230. The smallest absolute Gasteiger partial charge is 0.242 e. The van der Waals surface area contributed by atoms with Crippen LogP contribution >= 0.6 is 0 Å². The lowest BCUT2D eigenvalue weighted by Gasteiger charge is -2.32. The van der Waals surface area contributed by atoms with Gasteiger partial charge in [0.2, 0.25) is 15.9 Å². The number of para-hydroxylation sites is 1. The number of halogens is 1. The van der Waals surface area contributed by atoms with Crippen LogP contribution in [-0.4, -0.2) is 55.2 Å². The summed E-state index contributed by atoms with van der Waals surface area (Å²) in [5, 5.41) is 1.27. The van der Waals surface area contributed by atoms with Gasteiger partial charge in [-0.1, -0.05) is 18.2 Å². The zero-order chi connectivity index (χ0) is 23.6. The Labute approximate surface area is 194 Å². The van der Waals surface area contributed by atoms with Crippen LogP contribution < -0.4 is 0 Å². The number of fused-ring (bicyclic) bond motifs is 1. The van der Waals surface area contributed by atoms with Gasteiger partial charge in [-0.2, -0.15) is 0 Å². The van der Waals surface area contributed by atoms with Gasteiger partial charge in [0.05, 0.1) is 4.90 Å². The number of nitrogens with zero attached hydrogens (tertiary/aromatic N) is 2. The molecule has 2 aromatic carbocycles. The molecule has 4 rings (SSSR count). The van der Waals surface area contributed by atoms with E-state index < -0.39 is 15.8 Å². The molecule has 0 saturated carbocycles. The number of carbonyl (C=O) groups excluding carboxylic acids is 1. The lowest BCUT2D eigenvalue weighted by atomic mass is 9.87. The minimum absolute atomic E-state index is 0.0485. The molecule has 1 amide bonds. The summed E-state index contributed by atoms with van der Waals surface area (Å²) in [6, 6.07) is 13.1. The fraction of sp³-hybridized carbons (Fsp3) is 0.400. The Kier molecular flexibility index (Phi) is 6.86. The number of H-pyrrole nitrogens is 1. The van der Waals surface area contributed by atoms with E-state index in [4.69, 9.17) is 0 Å². The molecule has 1 saturated heterocycles. The maximum atomic E-state index is 13.1. The molecule has 0 atom stereocenters. The molecule has 0 unspecified atom stereocenters. The summed E-state index contributed by atoms with van der Waals surface area (Å²) in [4.78, 5) is 18.1. The van der Waals surface area contributed by atoms with Crippen molar-refractivity contribution in [3.8, 4) is 0 Å². The van der Waals surface area contributed by atoms with Crippen LogP contribution in [0.1, 0.15) is 42.9 Å². The van der Waals surface area contributed by atoms with Crippen LogP contribution in [0.2, 0.25) is 0 Å². The summed E-state index contributed by atoms with van der Waals surface area (Å²) < 4.78 is 39.5. The van der Waals surface area contributed by atoms with Crippen LogP contribution in [0.15, 0.2) is 53.4 Å². The predicted molar refractivity (Wildman–Crippen MR) is 127 cm³/mol. The molecule has 0 aliphatic carbocycles. The summed E-state index contributed by atoms with van der Waals surface area (Å²) in [7, 11) is -2.21. The number of piperidine rings is 1. The van der Waals surface area contributed by atoms with Gasteiger partial charge in [-0.05, 0) is 68.0 Å². The molecule has 1 aromatic heterocycles. The van der Waals surface area contributed by atoms with Gasteiger partial charge in [0, 0.05) is 49.7 Å². The summed E-state index contributed by atoms with van der Waals surface area (Å²) in [6.07, 6.45) is 2.60. The van der Waals surface area contributed by atoms with E-state index in [0.717, 1.165) is 30.5 Å². The fourth-order valence-electron chi connectivity index (χ4n) is 4.76. The van der Waals surface area contributed by atoms with Crippen LogP contribution in [0.5, 0.6) is 0 Å². The highest BCUT2D eigenvalue weighted by molar-refractivity contribution is 7.89. The van der Waals surface area contributed by atoms with Gasteiger partial charge in [0.1, 0.15) is 5.82 Å². The summed E-state index contributed by atoms with van der Waals surface area (Å²) in [6.45, 7) is 3.78. The third-order valence-electron chi connectivity index (χ3n) is 6.58. The Morgan fingerprint density at radius 3 is 2.48 bits per heavy atom. The topological polar surface area (TPSA) is 73.5 Å². The van der Waals surface area contributed by atoms with Gasteiger partial charge in [0.25, 0.3) is 0 Å². The monoisotopic (exact) mass is 471 g/mol. The standard InChI is InChI=1S/C25H30FN3O3S/c1-18-25(22-6-3-4-7-23(22)27-18)19-13-16-29(17-14-19)24(30)8-5-15-28(2)33(31,32)21-11-9-20(26)10-12-21/h3-4,6-7,9-12,19,27H,5,8,13-17H2,1-2H3. The summed E-state index contributed by atoms with van der Waals surface area (Å²) >= 11 is 0. The lowest BCUT2D eigenvalue weighted by molar-refractivity contribution is -0.132. The normalized spacial score (nSPS) is 15.5. The second kappa shape index (κ2) is 9.65. The highest BCUT2D eigenvalue weighted by Crippen LogP contribution is 2.35. The first-order chi connectivity index (χ1) is 15.8. The first kappa shape index (κ1) is 23.4. The molecule has 2 heterocycles. The number of sulfonamides is 1. The highest BCUT2D eigenvalue weighted by Gasteiger charge is 2.27. The number of likely N-dealkylation sites (tertiary alicyclic amines) is 1. The van der Waals surface area contributed by atoms with Crippen molar-refractivity contribution in [2.45, 2.75) is 43.4 Å². The van der Waals surface area contributed by atoms with Crippen LogP contribution in [0.4, 0.5) is 4.39 Å². The number of aromatic amines is 1. The quantitative estimate of drug-likeness (QED) is 0.554. The highest BCUT2D eigenvalue weighted by atomic mass is 32.2. The maximum Gasteiger partial charge on any atom is 0.242 e. The van der Waals surface area contributed by atoms with E-state index in [9.17, 15) is 17.6 Å². The van der Waals surface area contributed by atoms with Gasteiger partial charge < -0.3 is 9.88 Å². The molecule has 8 heteroatoms. The van der Waals surface area contributed by atoms with E-state index >= 15 is 0 Å². The zero-order valence-corrected chi connectivity index (χ0v) is 19.9. The predicted octanol–water partition coefficient (Wildman–Crippen LogP) is 4.42. The zero-order valence-electron chi connectivity index (χ0n) is 19.1. The average Bonchev–Trinajstić information content (AvgIpc) is 3.15.